The number of quaternary nitrogens is 1. The molecule has 18 heavy (non-hydrogen) atoms. The third kappa shape index (κ3) is 4.89. The second kappa shape index (κ2) is 7.36. The Morgan fingerprint density at radius 2 is 2.06 bits per heavy atom. The first-order valence-electron chi connectivity index (χ1n) is 5.87. The monoisotopic (exact) mass is 247 g/mol. The SMILES string of the molecule is C#CCOc1ccc(C(=O)NCC[NH+](C)C)cc1. The van der Waals surface area contributed by atoms with Crippen molar-refractivity contribution < 1.29 is 14.4 Å². The Kier molecular flexibility index (Phi) is 5.75. The van der Waals surface area contributed by atoms with Crippen LogP contribution in [0.25, 0.3) is 0 Å². The predicted molar refractivity (Wildman–Crippen MR) is 70.8 cm³/mol. The summed E-state index contributed by atoms with van der Waals surface area (Å²) in [5.74, 6) is 2.99. The minimum atomic E-state index is -0.0697. The highest BCUT2D eigenvalue weighted by Crippen LogP contribution is 2.11. The van der Waals surface area contributed by atoms with Gasteiger partial charge < -0.3 is 15.0 Å². The van der Waals surface area contributed by atoms with E-state index in [0.717, 1.165) is 6.54 Å². The van der Waals surface area contributed by atoms with E-state index < -0.39 is 0 Å². The molecule has 1 aromatic rings. The van der Waals surface area contributed by atoms with Crippen molar-refractivity contribution in [3.8, 4) is 18.1 Å². The van der Waals surface area contributed by atoms with Crippen LogP contribution in [0.3, 0.4) is 0 Å². The van der Waals surface area contributed by atoms with Crippen molar-refractivity contribution in [3.63, 3.8) is 0 Å². The molecule has 1 rings (SSSR count). The van der Waals surface area contributed by atoms with E-state index in [4.69, 9.17) is 11.2 Å². The number of hydrogen-bond donors (Lipinski definition) is 2. The summed E-state index contributed by atoms with van der Waals surface area (Å²) in [4.78, 5) is 13.1. The second-order valence-electron chi connectivity index (χ2n) is 4.23. The van der Waals surface area contributed by atoms with Crippen molar-refractivity contribution in [2.24, 2.45) is 0 Å². The molecule has 4 nitrogen and oxygen atoms in total. The van der Waals surface area contributed by atoms with Crippen LogP contribution in [-0.2, 0) is 0 Å². The molecule has 0 aliphatic carbocycles. The lowest BCUT2D eigenvalue weighted by molar-refractivity contribution is -0.856. The Hall–Kier alpha value is -1.99. The van der Waals surface area contributed by atoms with Crippen molar-refractivity contribution in [1.82, 2.24) is 5.32 Å². The van der Waals surface area contributed by atoms with Crippen LogP contribution < -0.4 is 15.0 Å². The van der Waals surface area contributed by atoms with Gasteiger partial charge in [0.2, 0.25) is 0 Å². The fraction of sp³-hybridized carbons (Fsp3) is 0.357. The topological polar surface area (TPSA) is 42.8 Å². The maximum atomic E-state index is 11.8. The minimum Gasteiger partial charge on any atom is -0.481 e. The molecule has 96 valence electrons. The summed E-state index contributed by atoms with van der Waals surface area (Å²) in [6.07, 6.45) is 5.09. The average Bonchev–Trinajstić information content (AvgIpc) is 2.36. The fourth-order valence-corrected chi connectivity index (χ4v) is 1.36. The van der Waals surface area contributed by atoms with E-state index in [0.29, 0.717) is 17.9 Å². The number of amides is 1. The van der Waals surface area contributed by atoms with Crippen LogP contribution >= 0.6 is 0 Å². The van der Waals surface area contributed by atoms with Gasteiger partial charge in [-0.25, -0.2) is 0 Å². The zero-order valence-electron chi connectivity index (χ0n) is 10.8. The number of hydrogen-bond acceptors (Lipinski definition) is 2. The molecule has 0 aliphatic heterocycles. The highest BCUT2D eigenvalue weighted by Gasteiger charge is 2.05. The maximum absolute atomic E-state index is 11.8. The highest BCUT2D eigenvalue weighted by atomic mass is 16.5. The first kappa shape index (κ1) is 14.1. The summed E-state index contributed by atoms with van der Waals surface area (Å²) in [5, 5.41) is 2.86. The zero-order valence-corrected chi connectivity index (χ0v) is 10.8. The molecule has 0 saturated heterocycles. The summed E-state index contributed by atoms with van der Waals surface area (Å²) in [7, 11) is 4.09. The Labute approximate surface area is 108 Å². The molecule has 0 saturated carbocycles. The van der Waals surface area contributed by atoms with Gasteiger partial charge in [-0.3, -0.25) is 4.79 Å². The molecule has 0 atom stereocenters. The lowest BCUT2D eigenvalue weighted by atomic mass is 10.2. The van der Waals surface area contributed by atoms with Crippen molar-refractivity contribution >= 4 is 5.91 Å². The molecule has 0 aliphatic rings. The number of nitrogens with one attached hydrogen (secondary N) is 2. The van der Waals surface area contributed by atoms with Gasteiger partial charge in [0, 0.05) is 5.56 Å². The van der Waals surface area contributed by atoms with Crippen molar-refractivity contribution in [1.29, 1.82) is 0 Å². The molecule has 2 N–H and O–H groups in total. The van der Waals surface area contributed by atoms with Crippen molar-refractivity contribution in [2.75, 3.05) is 33.8 Å². The summed E-state index contributed by atoms with van der Waals surface area (Å²) >= 11 is 0. The van der Waals surface area contributed by atoms with Crippen LogP contribution in [0.5, 0.6) is 5.75 Å². The van der Waals surface area contributed by atoms with Gasteiger partial charge >= 0.3 is 0 Å². The van der Waals surface area contributed by atoms with Crippen LogP contribution in [0.15, 0.2) is 24.3 Å². The van der Waals surface area contributed by atoms with Crippen LogP contribution in [0.4, 0.5) is 0 Å². The van der Waals surface area contributed by atoms with Gasteiger partial charge in [-0.15, -0.1) is 6.42 Å². The number of carbonyl (C=O) groups is 1. The van der Waals surface area contributed by atoms with Gasteiger partial charge in [0.1, 0.15) is 12.4 Å². The zero-order chi connectivity index (χ0) is 13.4. The summed E-state index contributed by atoms with van der Waals surface area (Å²) in [5.41, 5.74) is 0.622. The number of benzene rings is 1. The van der Waals surface area contributed by atoms with Gasteiger partial charge in [0.05, 0.1) is 27.2 Å². The molecule has 0 fully saturated rings. The lowest BCUT2D eigenvalue weighted by Gasteiger charge is -2.09. The second-order valence-corrected chi connectivity index (χ2v) is 4.23. The normalized spacial score (nSPS) is 9.89. The van der Waals surface area contributed by atoms with E-state index in [9.17, 15) is 4.79 Å². The Bertz CT molecular complexity index is 418. The third-order valence-electron chi connectivity index (χ3n) is 2.35. The van der Waals surface area contributed by atoms with Crippen LogP contribution in [0.2, 0.25) is 0 Å². The largest absolute Gasteiger partial charge is 0.481 e. The summed E-state index contributed by atoms with van der Waals surface area (Å²) in [6, 6.07) is 6.93. The first-order valence-corrected chi connectivity index (χ1v) is 5.87. The van der Waals surface area contributed by atoms with E-state index in [2.05, 4.69) is 11.2 Å². The molecule has 0 aromatic heterocycles. The Balaban J connectivity index is 2.46. The van der Waals surface area contributed by atoms with E-state index in [-0.39, 0.29) is 12.5 Å². The number of terminal acetylenes is 1. The van der Waals surface area contributed by atoms with Gasteiger partial charge in [-0.05, 0) is 24.3 Å². The molecule has 0 bridgehead atoms. The number of likely N-dealkylation sites (N-methyl/N-ethyl adjacent to an activating group) is 1. The van der Waals surface area contributed by atoms with Gasteiger partial charge in [-0.1, -0.05) is 5.92 Å². The molecule has 1 amide bonds. The smallest absolute Gasteiger partial charge is 0.251 e. The standard InChI is InChI=1S/C14H18N2O2/c1-4-11-18-13-7-5-12(6-8-13)14(17)15-9-10-16(2)3/h1,5-8H,9-11H2,2-3H3,(H,15,17)/p+1. The molecule has 1 aromatic carbocycles. The summed E-state index contributed by atoms with van der Waals surface area (Å²) < 4.78 is 5.23. The van der Waals surface area contributed by atoms with Gasteiger partial charge in [0.25, 0.3) is 5.91 Å². The number of rotatable bonds is 6. The average molecular weight is 247 g/mol. The lowest BCUT2D eigenvalue weighted by Crippen LogP contribution is -3.06. The van der Waals surface area contributed by atoms with E-state index in [1.54, 1.807) is 24.3 Å². The quantitative estimate of drug-likeness (QED) is 0.670. The molecule has 0 radical (unpaired) electrons. The Morgan fingerprint density at radius 1 is 1.39 bits per heavy atom. The van der Waals surface area contributed by atoms with E-state index in [1.165, 1.54) is 4.90 Å². The Morgan fingerprint density at radius 3 is 2.61 bits per heavy atom. The van der Waals surface area contributed by atoms with Crippen LogP contribution in [0.1, 0.15) is 10.4 Å². The molecule has 0 spiro atoms. The first-order chi connectivity index (χ1) is 8.63. The van der Waals surface area contributed by atoms with Crippen molar-refractivity contribution in [3.05, 3.63) is 29.8 Å². The minimum absolute atomic E-state index is 0.0697. The predicted octanol–water partition coefficient (Wildman–Crippen LogP) is -0.427. The molecule has 0 heterocycles. The molecule has 4 heteroatoms. The molecular formula is C14H19N2O2+. The number of carbonyl (C=O) groups excluding carboxylic acids is 1. The van der Waals surface area contributed by atoms with Crippen molar-refractivity contribution in [2.45, 2.75) is 0 Å². The van der Waals surface area contributed by atoms with E-state index in [1.807, 2.05) is 14.1 Å². The van der Waals surface area contributed by atoms with Crippen LogP contribution in [0, 0.1) is 12.3 Å². The van der Waals surface area contributed by atoms with Crippen LogP contribution in [-0.4, -0.2) is 39.7 Å². The maximum Gasteiger partial charge on any atom is 0.251 e. The molecule has 0 unspecified atom stereocenters. The fourth-order valence-electron chi connectivity index (χ4n) is 1.36. The third-order valence-corrected chi connectivity index (χ3v) is 2.35. The van der Waals surface area contributed by atoms with Gasteiger partial charge in [0.15, 0.2) is 0 Å². The number of ether oxygens (including phenoxy) is 1. The molecular weight excluding hydrogens is 228 g/mol. The highest BCUT2D eigenvalue weighted by molar-refractivity contribution is 5.94. The van der Waals surface area contributed by atoms with Gasteiger partial charge in [-0.2, -0.15) is 0 Å². The summed E-state index contributed by atoms with van der Waals surface area (Å²) in [6.45, 7) is 1.79. The van der Waals surface area contributed by atoms with E-state index >= 15 is 0 Å².